The van der Waals surface area contributed by atoms with Crippen LogP contribution in [-0.4, -0.2) is 26.1 Å². The van der Waals surface area contributed by atoms with Gasteiger partial charge in [-0.25, -0.2) is 8.42 Å². The first kappa shape index (κ1) is 19.7. The van der Waals surface area contributed by atoms with Crippen LogP contribution in [0.3, 0.4) is 0 Å². The SMILES string of the molecule is CCCCCCC(C)NC(=O)c1ccccc1S(=O)(=O)CCC. The summed E-state index contributed by atoms with van der Waals surface area (Å²) in [7, 11) is -3.41. The molecule has 0 aliphatic rings. The Morgan fingerprint density at radius 1 is 1.09 bits per heavy atom. The molecule has 1 aromatic rings. The van der Waals surface area contributed by atoms with Gasteiger partial charge in [-0.3, -0.25) is 4.79 Å². The molecule has 1 rings (SSSR count). The number of carbonyl (C=O) groups excluding carboxylic acids is 1. The monoisotopic (exact) mass is 339 g/mol. The number of rotatable bonds is 10. The normalized spacial score (nSPS) is 12.8. The standard InChI is InChI=1S/C18H29NO3S/c1-4-6-7-8-11-15(3)19-18(20)16-12-9-10-13-17(16)23(21,22)14-5-2/h9-10,12-13,15H,4-8,11,14H2,1-3H3,(H,19,20). The van der Waals surface area contributed by atoms with Crippen molar-refractivity contribution in [3.8, 4) is 0 Å². The van der Waals surface area contributed by atoms with Crippen molar-refractivity contribution in [2.75, 3.05) is 5.75 Å². The quantitative estimate of drug-likeness (QED) is 0.656. The molecule has 0 aliphatic carbocycles. The van der Waals surface area contributed by atoms with Gasteiger partial charge < -0.3 is 5.32 Å². The molecule has 0 saturated heterocycles. The fourth-order valence-electron chi connectivity index (χ4n) is 2.56. The van der Waals surface area contributed by atoms with Crippen LogP contribution >= 0.6 is 0 Å². The van der Waals surface area contributed by atoms with Crippen LogP contribution in [0.4, 0.5) is 0 Å². The predicted octanol–water partition coefficient (Wildman–Crippen LogP) is 3.96. The van der Waals surface area contributed by atoms with Crippen LogP contribution in [0.2, 0.25) is 0 Å². The van der Waals surface area contributed by atoms with Gasteiger partial charge in [-0.2, -0.15) is 0 Å². The summed E-state index contributed by atoms with van der Waals surface area (Å²) in [6.45, 7) is 5.95. The van der Waals surface area contributed by atoms with E-state index in [4.69, 9.17) is 0 Å². The minimum absolute atomic E-state index is 0.0429. The second-order valence-corrected chi connectivity index (χ2v) is 8.12. The van der Waals surface area contributed by atoms with E-state index >= 15 is 0 Å². The van der Waals surface area contributed by atoms with E-state index in [1.54, 1.807) is 18.2 Å². The van der Waals surface area contributed by atoms with Crippen LogP contribution in [0.25, 0.3) is 0 Å². The molecule has 0 heterocycles. The highest BCUT2D eigenvalue weighted by Gasteiger charge is 2.22. The minimum Gasteiger partial charge on any atom is -0.350 e. The summed E-state index contributed by atoms with van der Waals surface area (Å²) in [5, 5.41) is 2.92. The second kappa shape index (κ2) is 9.71. The van der Waals surface area contributed by atoms with E-state index in [1.165, 1.54) is 18.9 Å². The minimum atomic E-state index is -3.41. The van der Waals surface area contributed by atoms with Gasteiger partial charge in [0.1, 0.15) is 0 Å². The highest BCUT2D eigenvalue weighted by atomic mass is 32.2. The van der Waals surface area contributed by atoms with Crippen molar-refractivity contribution < 1.29 is 13.2 Å². The van der Waals surface area contributed by atoms with E-state index in [0.29, 0.717) is 6.42 Å². The summed E-state index contributed by atoms with van der Waals surface area (Å²) in [6, 6.07) is 6.51. The molecule has 0 saturated carbocycles. The van der Waals surface area contributed by atoms with Gasteiger partial charge >= 0.3 is 0 Å². The van der Waals surface area contributed by atoms with Crippen LogP contribution in [0.15, 0.2) is 29.2 Å². The summed E-state index contributed by atoms with van der Waals surface area (Å²) < 4.78 is 24.6. The van der Waals surface area contributed by atoms with Crippen LogP contribution < -0.4 is 5.32 Å². The van der Waals surface area contributed by atoms with Gasteiger partial charge in [0.2, 0.25) is 0 Å². The molecule has 0 radical (unpaired) electrons. The molecule has 0 bridgehead atoms. The maximum atomic E-state index is 12.4. The van der Waals surface area contributed by atoms with E-state index in [-0.39, 0.29) is 28.2 Å². The van der Waals surface area contributed by atoms with Crippen molar-refractivity contribution in [2.45, 2.75) is 70.2 Å². The van der Waals surface area contributed by atoms with Crippen molar-refractivity contribution in [2.24, 2.45) is 0 Å². The number of hydrogen-bond donors (Lipinski definition) is 1. The Balaban J connectivity index is 2.77. The zero-order valence-electron chi connectivity index (χ0n) is 14.5. The molecular weight excluding hydrogens is 310 g/mol. The topological polar surface area (TPSA) is 63.2 Å². The van der Waals surface area contributed by atoms with Gasteiger partial charge in [0.25, 0.3) is 5.91 Å². The number of unbranched alkanes of at least 4 members (excludes halogenated alkanes) is 3. The third kappa shape index (κ3) is 6.34. The lowest BCUT2D eigenvalue weighted by Crippen LogP contribution is -2.33. The molecule has 0 spiro atoms. The van der Waals surface area contributed by atoms with Gasteiger partial charge in [0.05, 0.1) is 16.2 Å². The Bertz CT molecular complexity index is 596. The highest BCUT2D eigenvalue weighted by Crippen LogP contribution is 2.18. The van der Waals surface area contributed by atoms with Crippen molar-refractivity contribution in [3.05, 3.63) is 29.8 Å². The Morgan fingerprint density at radius 2 is 1.78 bits per heavy atom. The smallest absolute Gasteiger partial charge is 0.252 e. The van der Waals surface area contributed by atoms with Gasteiger partial charge in [0, 0.05) is 6.04 Å². The van der Waals surface area contributed by atoms with Gasteiger partial charge in [0.15, 0.2) is 9.84 Å². The Morgan fingerprint density at radius 3 is 2.43 bits per heavy atom. The van der Waals surface area contributed by atoms with Crippen LogP contribution in [0.5, 0.6) is 0 Å². The highest BCUT2D eigenvalue weighted by molar-refractivity contribution is 7.91. The molecule has 0 aromatic heterocycles. The largest absolute Gasteiger partial charge is 0.350 e. The second-order valence-electron chi connectivity index (χ2n) is 6.04. The third-order valence-corrected chi connectivity index (χ3v) is 5.78. The maximum absolute atomic E-state index is 12.4. The summed E-state index contributed by atoms with van der Waals surface area (Å²) in [5.41, 5.74) is 0.251. The Labute approximate surface area is 140 Å². The maximum Gasteiger partial charge on any atom is 0.252 e. The molecule has 5 heteroatoms. The zero-order valence-corrected chi connectivity index (χ0v) is 15.3. The van der Waals surface area contributed by atoms with E-state index in [9.17, 15) is 13.2 Å². The third-order valence-electron chi connectivity index (χ3n) is 3.81. The average Bonchev–Trinajstić information content (AvgIpc) is 2.51. The molecule has 1 N–H and O–H groups in total. The van der Waals surface area contributed by atoms with Gasteiger partial charge in [-0.05, 0) is 31.9 Å². The van der Waals surface area contributed by atoms with Crippen molar-refractivity contribution >= 4 is 15.7 Å². The van der Waals surface area contributed by atoms with E-state index < -0.39 is 9.84 Å². The summed E-state index contributed by atoms with van der Waals surface area (Å²) in [5.74, 6) is -0.243. The lowest BCUT2D eigenvalue weighted by molar-refractivity contribution is 0.0934. The molecule has 130 valence electrons. The number of hydrogen-bond acceptors (Lipinski definition) is 3. The molecular formula is C18H29NO3S. The van der Waals surface area contributed by atoms with Gasteiger partial charge in [-0.15, -0.1) is 0 Å². The van der Waals surface area contributed by atoms with E-state index in [1.807, 2.05) is 13.8 Å². The Hall–Kier alpha value is -1.36. The van der Waals surface area contributed by atoms with Crippen LogP contribution in [0.1, 0.15) is 69.7 Å². The molecule has 0 fully saturated rings. The van der Waals surface area contributed by atoms with Crippen molar-refractivity contribution in [3.63, 3.8) is 0 Å². The summed E-state index contributed by atoms with van der Waals surface area (Å²) in [6.07, 6.45) is 6.08. The Kier molecular flexibility index (Phi) is 8.31. The van der Waals surface area contributed by atoms with Crippen LogP contribution in [0, 0.1) is 0 Å². The summed E-state index contributed by atoms with van der Waals surface area (Å²) in [4.78, 5) is 12.6. The lowest BCUT2D eigenvalue weighted by Gasteiger charge is -2.15. The summed E-state index contributed by atoms with van der Waals surface area (Å²) >= 11 is 0. The number of benzene rings is 1. The zero-order chi connectivity index (χ0) is 17.3. The first-order chi connectivity index (χ1) is 10.9. The molecule has 1 amide bonds. The predicted molar refractivity (Wildman–Crippen MR) is 94.5 cm³/mol. The molecule has 23 heavy (non-hydrogen) atoms. The number of sulfone groups is 1. The first-order valence-corrected chi connectivity index (χ1v) is 10.2. The van der Waals surface area contributed by atoms with Gasteiger partial charge in [-0.1, -0.05) is 51.7 Å². The molecule has 1 atom stereocenters. The van der Waals surface area contributed by atoms with Crippen molar-refractivity contribution in [1.82, 2.24) is 5.32 Å². The molecule has 4 nitrogen and oxygen atoms in total. The lowest BCUT2D eigenvalue weighted by atomic mass is 10.1. The van der Waals surface area contributed by atoms with E-state index in [2.05, 4.69) is 12.2 Å². The fourth-order valence-corrected chi connectivity index (χ4v) is 4.09. The molecule has 0 aliphatic heterocycles. The number of amides is 1. The van der Waals surface area contributed by atoms with E-state index in [0.717, 1.165) is 19.3 Å². The van der Waals surface area contributed by atoms with Crippen molar-refractivity contribution in [1.29, 1.82) is 0 Å². The molecule has 1 aromatic carbocycles. The fraction of sp³-hybridized carbons (Fsp3) is 0.611. The number of carbonyl (C=O) groups is 1. The average molecular weight is 340 g/mol. The first-order valence-electron chi connectivity index (χ1n) is 8.55. The molecule has 1 unspecified atom stereocenters. The number of nitrogens with one attached hydrogen (secondary N) is 1. The van der Waals surface area contributed by atoms with Crippen LogP contribution in [-0.2, 0) is 9.84 Å².